The number of rotatable bonds is 4. The first-order valence-corrected chi connectivity index (χ1v) is 16.9. The van der Waals surface area contributed by atoms with Crippen LogP contribution in [0, 0.1) is 0 Å². The number of benzene rings is 7. The highest BCUT2D eigenvalue weighted by atomic mass is 16.3. The molecule has 6 nitrogen and oxygen atoms in total. The molecule has 0 aliphatic carbocycles. The van der Waals surface area contributed by atoms with Crippen molar-refractivity contribution in [2.24, 2.45) is 0 Å². The van der Waals surface area contributed by atoms with E-state index in [1.54, 1.807) is 0 Å². The summed E-state index contributed by atoms with van der Waals surface area (Å²) in [5.41, 5.74) is 9.24. The number of fused-ring (bicyclic) bond motifs is 9. The molecule has 0 amide bonds. The molecule has 11 aromatic rings. The predicted molar refractivity (Wildman–Crippen MR) is 203 cm³/mol. The number of hydrogen-bond donors (Lipinski definition) is 0. The van der Waals surface area contributed by atoms with Crippen molar-refractivity contribution < 1.29 is 13.3 Å². The molecule has 0 atom stereocenters. The first-order chi connectivity index (χ1) is 25.3. The van der Waals surface area contributed by atoms with Gasteiger partial charge in [0.05, 0.1) is 11.1 Å². The molecule has 6 heteroatoms. The lowest BCUT2D eigenvalue weighted by molar-refractivity contribution is 0.669. The first kappa shape index (κ1) is 27.9. The molecule has 0 fully saturated rings. The average molecular weight is 656 g/mol. The van der Waals surface area contributed by atoms with Crippen molar-refractivity contribution in [3.63, 3.8) is 0 Å². The molecule has 0 saturated heterocycles. The Morgan fingerprint density at radius 2 is 0.725 bits per heavy atom. The number of aromatic nitrogens is 3. The van der Waals surface area contributed by atoms with Gasteiger partial charge >= 0.3 is 0 Å². The van der Waals surface area contributed by atoms with Crippen LogP contribution >= 0.6 is 0 Å². The maximum absolute atomic E-state index is 6.72. The van der Waals surface area contributed by atoms with E-state index < -0.39 is 0 Å². The molecule has 0 aliphatic heterocycles. The van der Waals surface area contributed by atoms with Crippen LogP contribution in [0.3, 0.4) is 0 Å². The SMILES string of the molecule is c1ccc(-c2nc(-c3cccc4c3oc3ccccc34)nc(-c3cccc4c3oc3cccc(-c5cccc6c5oc5ccccc56)c34)n2)cc1. The predicted octanol–water partition coefficient (Wildman–Crippen LogP) is 12.2. The minimum Gasteiger partial charge on any atom is -0.455 e. The molecule has 4 aromatic heterocycles. The van der Waals surface area contributed by atoms with E-state index in [1.807, 2.05) is 103 Å². The van der Waals surface area contributed by atoms with Crippen molar-refractivity contribution in [1.29, 1.82) is 0 Å². The fraction of sp³-hybridized carbons (Fsp3) is 0. The minimum absolute atomic E-state index is 0.512. The van der Waals surface area contributed by atoms with E-state index in [-0.39, 0.29) is 0 Å². The molecule has 4 heterocycles. The minimum atomic E-state index is 0.512. The van der Waals surface area contributed by atoms with Crippen LogP contribution in [0.2, 0.25) is 0 Å². The van der Waals surface area contributed by atoms with Crippen molar-refractivity contribution >= 4 is 65.8 Å². The van der Waals surface area contributed by atoms with Crippen molar-refractivity contribution in [3.8, 4) is 45.3 Å². The lowest BCUT2D eigenvalue weighted by atomic mass is 9.97. The summed E-state index contributed by atoms with van der Waals surface area (Å²) in [4.78, 5) is 15.2. The lowest BCUT2D eigenvalue weighted by Gasteiger charge is -2.09. The van der Waals surface area contributed by atoms with Gasteiger partial charge in [-0.25, -0.2) is 15.0 Å². The summed E-state index contributed by atoms with van der Waals surface area (Å²) in [6, 6.07) is 51.0. The summed E-state index contributed by atoms with van der Waals surface area (Å²) in [5.74, 6) is 1.60. The third-order valence-corrected chi connectivity index (χ3v) is 9.77. The zero-order valence-corrected chi connectivity index (χ0v) is 27.0. The molecule has 0 saturated carbocycles. The van der Waals surface area contributed by atoms with Gasteiger partial charge in [0, 0.05) is 43.4 Å². The maximum Gasteiger partial charge on any atom is 0.167 e. The van der Waals surface area contributed by atoms with E-state index in [2.05, 4.69) is 48.5 Å². The fourth-order valence-corrected chi connectivity index (χ4v) is 7.46. The summed E-state index contributed by atoms with van der Waals surface area (Å²) in [6.07, 6.45) is 0. The van der Waals surface area contributed by atoms with Gasteiger partial charge in [-0.2, -0.15) is 0 Å². The van der Waals surface area contributed by atoms with E-state index in [0.29, 0.717) is 23.1 Å². The second kappa shape index (κ2) is 10.7. The Bertz CT molecular complexity index is 3150. The number of furan rings is 3. The third kappa shape index (κ3) is 4.20. The van der Waals surface area contributed by atoms with Gasteiger partial charge in [0.25, 0.3) is 0 Å². The molecule has 0 bridgehead atoms. The molecule has 0 unspecified atom stereocenters. The first-order valence-electron chi connectivity index (χ1n) is 16.9. The normalized spacial score (nSPS) is 11.9. The Hall–Kier alpha value is -7.05. The molecule has 11 rings (SSSR count). The molecular weight excluding hydrogens is 631 g/mol. The largest absolute Gasteiger partial charge is 0.455 e. The van der Waals surface area contributed by atoms with Crippen LogP contribution in [0.25, 0.3) is 111 Å². The second-order valence-electron chi connectivity index (χ2n) is 12.7. The van der Waals surface area contributed by atoms with E-state index in [9.17, 15) is 0 Å². The molecular formula is C45H25N3O3. The van der Waals surface area contributed by atoms with Crippen LogP contribution in [0.1, 0.15) is 0 Å². The van der Waals surface area contributed by atoms with Crippen molar-refractivity contribution in [3.05, 3.63) is 152 Å². The van der Waals surface area contributed by atoms with Crippen molar-refractivity contribution in [1.82, 2.24) is 15.0 Å². The zero-order chi connectivity index (χ0) is 33.5. The van der Waals surface area contributed by atoms with Crippen molar-refractivity contribution in [2.45, 2.75) is 0 Å². The summed E-state index contributed by atoms with van der Waals surface area (Å²) >= 11 is 0. The third-order valence-electron chi connectivity index (χ3n) is 9.77. The van der Waals surface area contributed by atoms with Gasteiger partial charge < -0.3 is 13.3 Å². The highest BCUT2D eigenvalue weighted by Crippen LogP contribution is 2.44. The van der Waals surface area contributed by atoms with E-state index >= 15 is 0 Å². The summed E-state index contributed by atoms with van der Waals surface area (Å²) in [5, 5.41) is 6.21. The van der Waals surface area contributed by atoms with Gasteiger partial charge in [0.15, 0.2) is 17.5 Å². The molecule has 0 aliphatic rings. The zero-order valence-electron chi connectivity index (χ0n) is 27.0. The van der Waals surface area contributed by atoms with E-state index in [0.717, 1.165) is 88.0 Å². The Morgan fingerprint density at radius 3 is 1.39 bits per heavy atom. The van der Waals surface area contributed by atoms with Gasteiger partial charge in [0.1, 0.15) is 33.5 Å². The van der Waals surface area contributed by atoms with Gasteiger partial charge in [-0.3, -0.25) is 0 Å². The molecule has 238 valence electrons. The Balaban J connectivity index is 1.16. The molecule has 7 aromatic carbocycles. The second-order valence-corrected chi connectivity index (χ2v) is 12.7. The Morgan fingerprint density at radius 1 is 0.294 bits per heavy atom. The summed E-state index contributed by atoms with van der Waals surface area (Å²) < 4.78 is 19.6. The lowest BCUT2D eigenvalue weighted by Crippen LogP contribution is -2.00. The van der Waals surface area contributed by atoms with Gasteiger partial charge in [0.2, 0.25) is 0 Å². The average Bonchev–Trinajstić information content (AvgIpc) is 3.89. The highest BCUT2D eigenvalue weighted by Gasteiger charge is 2.22. The highest BCUT2D eigenvalue weighted by molar-refractivity contribution is 6.18. The Labute approximate surface area is 290 Å². The van der Waals surface area contributed by atoms with Gasteiger partial charge in [-0.15, -0.1) is 0 Å². The summed E-state index contributed by atoms with van der Waals surface area (Å²) in [7, 11) is 0. The summed E-state index contributed by atoms with van der Waals surface area (Å²) in [6.45, 7) is 0. The van der Waals surface area contributed by atoms with Crippen LogP contribution in [0.4, 0.5) is 0 Å². The van der Waals surface area contributed by atoms with Crippen molar-refractivity contribution in [2.75, 3.05) is 0 Å². The van der Waals surface area contributed by atoms with Crippen LogP contribution in [0.5, 0.6) is 0 Å². The van der Waals surface area contributed by atoms with Gasteiger partial charge in [-0.1, -0.05) is 121 Å². The number of para-hydroxylation sites is 5. The topological polar surface area (TPSA) is 78.1 Å². The molecule has 0 N–H and O–H groups in total. The van der Waals surface area contributed by atoms with E-state index in [4.69, 9.17) is 28.2 Å². The number of hydrogen-bond acceptors (Lipinski definition) is 6. The quantitative estimate of drug-likeness (QED) is 0.188. The van der Waals surface area contributed by atoms with E-state index in [1.165, 1.54) is 0 Å². The fourth-order valence-electron chi connectivity index (χ4n) is 7.46. The van der Waals surface area contributed by atoms with Crippen LogP contribution in [-0.4, -0.2) is 15.0 Å². The molecule has 0 radical (unpaired) electrons. The monoisotopic (exact) mass is 655 g/mol. The smallest absolute Gasteiger partial charge is 0.167 e. The van der Waals surface area contributed by atoms with Gasteiger partial charge in [-0.05, 0) is 35.9 Å². The van der Waals surface area contributed by atoms with Crippen LogP contribution in [0.15, 0.2) is 165 Å². The molecule has 0 spiro atoms. The molecule has 51 heavy (non-hydrogen) atoms. The standard InChI is InChI=1S/C45H25N3O3/c1-2-12-26(13-3-1)43-46-44(34-21-9-18-31-28-15-5-7-24-37(28)50-41(31)34)48-45(47-43)35-22-10-20-33-39-29(16-11-25-38(39)51-42(33)35)32-19-8-17-30-27-14-4-6-23-36(27)49-40(30)32/h1-25H. The van der Waals surface area contributed by atoms with Crippen LogP contribution in [-0.2, 0) is 0 Å². The maximum atomic E-state index is 6.72. The number of nitrogens with zero attached hydrogens (tertiary/aromatic N) is 3. The van der Waals surface area contributed by atoms with Crippen LogP contribution < -0.4 is 0 Å². The Kier molecular flexibility index (Phi) is 5.86.